The maximum atomic E-state index is 12.5. The summed E-state index contributed by atoms with van der Waals surface area (Å²) in [5, 5.41) is 0. The lowest BCUT2D eigenvalue weighted by atomic mass is 10.1. The zero-order valence-electron chi connectivity index (χ0n) is 15.1. The lowest BCUT2D eigenvalue weighted by Crippen LogP contribution is -2.28. The molecular weight excluding hydrogens is 314 g/mol. The van der Waals surface area contributed by atoms with Crippen molar-refractivity contribution in [3.63, 3.8) is 0 Å². The second kappa shape index (κ2) is 6.71. The Labute approximate surface area is 148 Å². The van der Waals surface area contributed by atoms with E-state index in [1.54, 1.807) is 4.90 Å². The van der Waals surface area contributed by atoms with Gasteiger partial charge < -0.3 is 9.64 Å². The van der Waals surface area contributed by atoms with E-state index in [0.717, 1.165) is 27.9 Å². The molecule has 0 bridgehead atoms. The van der Waals surface area contributed by atoms with E-state index in [0.29, 0.717) is 12.3 Å². The fourth-order valence-electron chi connectivity index (χ4n) is 3.22. The maximum absolute atomic E-state index is 12.5. The summed E-state index contributed by atoms with van der Waals surface area (Å²) in [6.07, 6.45) is 0.191. The van der Waals surface area contributed by atoms with Crippen LogP contribution in [0, 0.1) is 33.6 Å². The minimum atomic E-state index is -0.437. The predicted octanol–water partition coefficient (Wildman–Crippen LogP) is 3.88. The summed E-state index contributed by atoms with van der Waals surface area (Å²) in [6.45, 7) is 8.23. The van der Waals surface area contributed by atoms with Crippen molar-refractivity contribution in [3.8, 4) is 5.75 Å². The topological polar surface area (TPSA) is 46.6 Å². The summed E-state index contributed by atoms with van der Waals surface area (Å²) in [4.78, 5) is 26.7. The molecule has 1 atom stereocenters. The van der Waals surface area contributed by atoms with Crippen LogP contribution in [0.5, 0.6) is 5.75 Å². The highest BCUT2D eigenvalue weighted by Crippen LogP contribution is 2.30. The molecule has 3 rings (SSSR count). The minimum absolute atomic E-state index is 0.0325. The molecular formula is C21H23NO3. The van der Waals surface area contributed by atoms with Crippen LogP contribution in [-0.2, 0) is 9.59 Å². The van der Waals surface area contributed by atoms with Crippen LogP contribution in [0.3, 0.4) is 0 Å². The molecule has 0 spiro atoms. The van der Waals surface area contributed by atoms with E-state index in [1.807, 2.05) is 64.1 Å². The summed E-state index contributed by atoms with van der Waals surface area (Å²) < 4.78 is 5.57. The molecule has 1 fully saturated rings. The fourth-order valence-corrected chi connectivity index (χ4v) is 3.22. The van der Waals surface area contributed by atoms with E-state index in [9.17, 15) is 9.59 Å². The second-order valence-electron chi connectivity index (χ2n) is 6.89. The van der Waals surface area contributed by atoms with E-state index in [2.05, 4.69) is 0 Å². The number of nitrogens with zero attached hydrogens (tertiary/aromatic N) is 1. The van der Waals surface area contributed by atoms with Gasteiger partial charge in [0.1, 0.15) is 5.75 Å². The molecule has 0 N–H and O–H groups in total. The average molecular weight is 337 g/mol. The van der Waals surface area contributed by atoms with Crippen LogP contribution in [0.4, 0.5) is 5.69 Å². The summed E-state index contributed by atoms with van der Waals surface area (Å²) in [6, 6.07) is 11.7. The molecule has 0 unspecified atom stereocenters. The highest BCUT2D eigenvalue weighted by Gasteiger charge is 2.37. The first-order chi connectivity index (χ1) is 11.8. The van der Waals surface area contributed by atoms with Crippen molar-refractivity contribution >= 4 is 17.6 Å². The summed E-state index contributed by atoms with van der Waals surface area (Å²) in [5.74, 6) is -0.236. The van der Waals surface area contributed by atoms with Crippen LogP contribution in [0.1, 0.15) is 28.7 Å². The van der Waals surface area contributed by atoms with E-state index in [1.165, 1.54) is 0 Å². The van der Waals surface area contributed by atoms with Gasteiger partial charge in [-0.1, -0.05) is 29.8 Å². The van der Waals surface area contributed by atoms with Gasteiger partial charge in [-0.05, 0) is 56.5 Å². The first-order valence-corrected chi connectivity index (χ1v) is 8.51. The van der Waals surface area contributed by atoms with Gasteiger partial charge in [-0.2, -0.15) is 0 Å². The molecule has 0 aliphatic carbocycles. The van der Waals surface area contributed by atoms with Crippen LogP contribution in [0.2, 0.25) is 0 Å². The molecule has 1 saturated heterocycles. The normalized spacial score (nSPS) is 17.0. The van der Waals surface area contributed by atoms with E-state index >= 15 is 0 Å². The van der Waals surface area contributed by atoms with Gasteiger partial charge in [-0.3, -0.25) is 9.59 Å². The van der Waals surface area contributed by atoms with Crippen molar-refractivity contribution in [2.24, 2.45) is 5.92 Å². The number of ether oxygens (including phenoxy) is 1. The van der Waals surface area contributed by atoms with Gasteiger partial charge in [0, 0.05) is 18.7 Å². The van der Waals surface area contributed by atoms with Gasteiger partial charge in [0.2, 0.25) is 5.91 Å². The van der Waals surface area contributed by atoms with Crippen LogP contribution in [0.25, 0.3) is 0 Å². The van der Waals surface area contributed by atoms with E-state index < -0.39 is 5.92 Å². The largest absolute Gasteiger partial charge is 0.426 e. The number of carbonyl (C=O) groups is 2. The van der Waals surface area contributed by atoms with Crippen molar-refractivity contribution in [1.82, 2.24) is 0 Å². The standard InChI is InChI=1S/C21H23NO3/c1-13-6-8-18(16(4)9-13)22-12-17(11-20(22)23)21(24)25-19-10-14(2)5-7-15(19)3/h5-10,17H,11-12H2,1-4H3/t17-/m1/s1. The third-order valence-corrected chi connectivity index (χ3v) is 4.66. The van der Waals surface area contributed by atoms with Crippen LogP contribution in [-0.4, -0.2) is 18.4 Å². The Balaban J connectivity index is 1.75. The van der Waals surface area contributed by atoms with Gasteiger partial charge in [-0.15, -0.1) is 0 Å². The number of aryl methyl sites for hydroxylation is 4. The zero-order chi connectivity index (χ0) is 18.1. The smallest absolute Gasteiger partial charge is 0.316 e. The molecule has 0 saturated carbocycles. The molecule has 1 aliphatic heterocycles. The molecule has 1 amide bonds. The first-order valence-electron chi connectivity index (χ1n) is 8.51. The Kier molecular flexibility index (Phi) is 4.62. The quantitative estimate of drug-likeness (QED) is 0.631. The summed E-state index contributed by atoms with van der Waals surface area (Å²) >= 11 is 0. The fraction of sp³-hybridized carbons (Fsp3) is 0.333. The number of benzene rings is 2. The molecule has 1 aliphatic rings. The third kappa shape index (κ3) is 3.58. The minimum Gasteiger partial charge on any atom is -0.426 e. The highest BCUT2D eigenvalue weighted by atomic mass is 16.5. The number of hydrogen-bond donors (Lipinski definition) is 0. The summed E-state index contributed by atoms with van der Waals surface area (Å²) in [5.41, 5.74) is 5.01. The molecule has 0 radical (unpaired) electrons. The monoisotopic (exact) mass is 337 g/mol. The van der Waals surface area contributed by atoms with Gasteiger partial charge in [0.25, 0.3) is 0 Å². The Morgan fingerprint density at radius 1 is 1.00 bits per heavy atom. The number of anilines is 1. The molecule has 4 heteroatoms. The average Bonchev–Trinajstić information content (AvgIpc) is 2.93. The van der Waals surface area contributed by atoms with Gasteiger partial charge in [0.05, 0.1) is 5.92 Å². The van der Waals surface area contributed by atoms with E-state index in [-0.39, 0.29) is 18.3 Å². The van der Waals surface area contributed by atoms with Gasteiger partial charge in [-0.25, -0.2) is 0 Å². The van der Waals surface area contributed by atoms with Gasteiger partial charge in [0.15, 0.2) is 0 Å². The van der Waals surface area contributed by atoms with Crippen LogP contribution in [0.15, 0.2) is 36.4 Å². The number of hydrogen-bond acceptors (Lipinski definition) is 3. The molecule has 2 aromatic carbocycles. The molecule has 4 nitrogen and oxygen atoms in total. The number of esters is 1. The van der Waals surface area contributed by atoms with Crippen molar-refractivity contribution < 1.29 is 14.3 Å². The first kappa shape index (κ1) is 17.2. The summed E-state index contributed by atoms with van der Waals surface area (Å²) in [7, 11) is 0. The Bertz CT molecular complexity index is 841. The Hall–Kier alpha value is -2.62. The number of rotatable bonds is 3. The predicted molar refractivity (Wildman–Crippen MR) is 97.9 cm³/mol. The van der Waals surface area contributed by atoms with Crippen molar-refractivity contribution in [3.05, 3.63) is 58.7 Å². The third-order valence-electron chi connectivity index (χ3n) is 4.66. The molecule has 2 aromatic rings. The highest BCUT2D eigenvalue weighted by molar-refractivity contribution is 6.00. The maximum Gasteiger partial charge on any atom is 0.316 e. The van der Waals surface area contributed by atoms with Crippen LogP contribution >= 0.6 is 0 Å². The lowest BCUT2D eigenvalue weighted by Gasteiger charge is -2.19. The molecule has 0 aromatic heterocycles. The Morgan fingerprint density at radius 3 is 2.40 bits per heavy atom. The van der Waals surface area contributed by atoms with Gasteiger partial charge >= 0.3 is 5.97 Å². The molecule has 1 heterocycles. The molecule has 25 heavy (non-hydrogen) atoms. The Morgan fingerprint density at radius 2 is 1.68 bits per heavy atom. The van der Waals surface area contributed by atoms with Crippen LogP contribution < -0.4 is 9.64 Å². The van der Waals surface area contributed by atoms with E-state index in [4.69, 9.17) is 4.74 Å². The number of carbonyl (C=O) groups excluding carboxylic acids is 2. The second-order valence-corrected chi connectivity index (χ2v) is 6.89. The number of amides is 1. The lowest BCUT2D eigenvalue weighted by molar-refractivity contribution is -0.139. The SMILES string of the molecule is Cc1ccc(N2C[C@H](C(=O)Oc3cc(C)ccc3C)CC2=O)c(C)c1. The molecule has 130 valence electrons. The zero-order valence-corrected chi connectivity index (χ0v) is 15.1. The van der Waals surface area contributed by atoms with Crippen molar-refractivity contribution in [2.75, 3.05) is 11.4 Å². The van der Waals surface area contributed by atoms with Crippen molar-refractivity contribution in [2.45, 2.75) is 34.1 Å². The van der Waals surface area contributed by atoms with Crippen molar-refractivity contribution in [1.29, 1.82) is 0 Å².